The molecule has 0 aliphatic carbocycles. The largest absolute Gasteiger partial charge is 0.500 e. The number of hydrogen-bond acceptors (Lipinski definition) is 8. The molecule has 0 saturated carbocycles. The molecular formula is C21H47NO7Si2. The van der Waals surface area contributed by atoms with Crippen molar-refractivity contribution in [1.29, 1.82) is 0 Å². The monoisotopic (exact) mass is 481 g/mol. The molecule has 8 nitrogen and oxygen atoms in total. The van der Waals surface area contributed by atoms with Crippen LogP contribution in [0.15, 0.2) is 0 Å². The van der Waals surface area contributed by atoms with E-state index < -0.39 is 17.6 Å². The first-order valence-corrected chi connectivity index (χ1v) is 16.1. The minimum atomic E-state index is -2.59. The molecule has 0 aromatic carbocycles. The van der Waals surface area contributed by atoms with E-state index in [4.69, 9.17) is 31.3 Å². The van der Waals surface area contributed by atoms with Crippen LogP contribution in [-0.2, 0) is 31.3 Å². The van der Waals surface area contributed by atoms with Crippen LogP contribution >= 0.6 is 0 Å². The molecule has 186 valence electrons. The third kappa shape index (κ3) is 11.7. The van der Waals surface area contributed by atoms with Crippen LogP contribution in [0.5, 0.6) is 0 Å². The lowest BCUT2D eigenvalue weighted by Crippen LogP contribution is -2.47. The minimum absolute atomic E-state index is 0.361. The molecule has 0 bridgehead atoms. The normalized spacial score (nSPS) is 16.9. The third-order valence-corrected chi connectivity index (χ3v) is 11.3. The first-order valence-electron chi connectivity index (χ1n) is 12.2. The highest BCUT2D eigenvalue weighted by atomic mass is 28.4. The highest BCUT2D eigenvalue weighted by Gasteiger charge is 2.41. The Morgan fingerprint density at radius 3 is 1.23 bits per heavy atom. The fraction of sp³-hybridized carbons (Fsp3) is 1.00. The number of hydrogen-bond donors (Lipinski definition) is 0. The Morgan fingerprint density at radius 2 is 0.968 bits per heavy atom. The van der Waals surface area contributed by atoms with Crippen molar-refractivity contribution in [3.63, 3.8) is 0 Å². The summed E-state index contributed by atoms with van der Waals surface area (Å²) in [7, 11) is -5.18. The van der Waals surface area contributed by atoms with E-state index in [-0.39, 0.29) is 0 Å². The summed E-state index contributed by atoms with van der Waals surface area (Å²) in [5.41, 5.74) is 0. The molecule has 1 aliphatic rings. The van der Waals surface area contributed by atoms with E-state index in [1.807, 2.05) is 41.5 Å². The minimum Gasteiger partial charge on any atom is -0.374 e. The van der Waals surface area contributed by atoms with Crippen LogP contribution in [-0.4, -0.2) is 94.5 Å². The quantitative estimate of drug-likeness (QED) is 0.172. The standard InChI is InChI=1S/C21H47NO7Si2/c1-7-24-30(25-8-2,26-9-3)17-13-15-22(19-21-20-23-21)16-14-18-31(27-10-4,28-11-5)29-12-6/h21H,7-20H2,1-6H3. The summed E-state index contributed by atoms with van der Waals surface area (Å²) in [5, 5.41) is 0. The van der Waals surface area contributed by atoms with Crippen LogP contribution in [0.25, 0.3) is 0 Å². The zero-order valence-electron chi connectivity index (χ0n) is 20.8. The topological polar surface area (TPSA) is 71.2 Å². The Hall–Kier alpha value is 0.114. The predicted octanol–water partition coefficient (Wildman–Crippen LogP) is 3.56. The van der Waals surface area contributed by atoms with Gasteiger partial charge in [0.25, 0.3) is 0 Å². The van der Waals surface area contributed by atoms with Crippen LogP contribution in [0, 0.1) is 0 Å². The molecule has 1 rings (SSSR count). The summed E-state index contributed by atoms with van der Waals surface area (Å²) in [6.07, 6.45) is 2.31. The lowest BCUT2D eigenvalue weighted by molar-refractivity contribution is 0.0691. The average molecular weight is 482 g/mol. The molecule has 0 amide bonds. The van der Waals surface area contributed by atoms with Gasteiger partial charge in [-0.05, 0) is 67.5 Å². The van der Waals surface area contributed by atoms with E-state index >= 15 is 0 Å². The van der Waals surface area contributed by atoms with E-state index in [0.717, 1.165) is 51.2 Å². The van der Waals surface area contributed by atoms with E-state index in [2.05, 4.69) is 4.90 Å². The fourth-order valence-corrected chi connectivity index (χ4v) is 8.98. The Kier molecular flexibility index (Phi) is 15.7. The van der Waals surface area contributed by atoms with Crippen molar-refractivity contribution < 1.29 is 31.3 Å². The van der Waals surface area contributed by atoms with Crippen LogP contribution in [0.1, 0.15) is 54.4 Å². The van der Waals surface area contributed by atoms with Crippen LogP contribution < -0.4 is 0 Å². The first-order chi connectivity index (χ1) is 15.0. The molecule has 1 aliphatic heterocycles. The molecule has 1 atom stereocenters. The molecule has 0 spiro atoms. The lowest BCUT2D eigenvalue weighted by atomic mass is 10.3. The van der Waals surface area contributed by atoms with Crippen molar-refractivity contribution in [1.82, 2.24) is 4.90 Å². The highest BCUT2D eigenvalue weighted by Crippen LogP contribution is 2.22. The summed E-state index contributed by atoms with van der Waals surface area (Å²) in [6.45, 7) is 19.5. The summed E-state index contributed by atoms with van der Waals surface area (Å²) in [4.78, 5) is 2.48. The van der Waals surface area contributed by atoms with Crippen molar-refractivity contribution >= 4 is 17.6 Å². The highest BCUT2D eigenvalue weighted by molar-refractivity contribution is 6.61. The molecule has 1 unspecified atom stereocenters. The Balaban J connectivity index is 2.61. The van der Waals surface area contributed by atoms with Gasteiger partial charge in [-0.2, -0.15) is 0 Å². The second-order valence-corrected chi connectivity index (χ2v) is 12.9. The maximum atomic E-state index is 6.00. The molecule has 0 aromatic heterocycles. The van der Waals surface area contributed by atoms with E-state index in [1.54, 1.807) is 0 Å². The predicted molar refractivity (Wildman–Crippen MR) is 126 cm³/mol. The smallest absolute Gasteiger partial charge is 0.374 e. The van der Waals surface area contributed by atoms with Gasteiger partial charge < -0.3 is 36.2 Å². The van der Waals surface area contributed by atoms with Gasteiger partial charge in [0.1, 0.15) is 0 Å². The van der Waals surface area contributed by atoms with Gasteiger partial charge in [-0.1, -0.05) is 0 Å². The van der Waals surface area contributed by atoms with E-state index in [0.29, 0.717) is 45.7 Å². The van der Waals surface area contributed by atoms with E-state index in [1.165, 1.54) is 0 Å². The van der Waals surface area contributed by atoms with Crippen molar-refractivity contribution in [3.8, 4) is 0 Å². The maximum absolute atomic E-state index is 6.00. The summed E-state index contributed by atoms with van der Waals surface area (Å²) in [5.74, 6) is 0. The fourth-order valence-electron chi connectivity index (χ4n) is 3.80. The number of rotatable bonds is 22. The number of ether oxygens (including phenoxy) is 1. The molecule has 0 N–H and O–H groups in total. The van der Waals surface area contributed by atoms with Gasteiger partial charge in [-0.25, -0.2) is 0 Å². The first kappa shape index (κ1) is 29.1. The number of nitrogens with zero attached hydrogens (tertiary/aromatic N) is 1. The number of epoxide rings is 1. The lowest BCUT2D eigenvalue weighted by Gasteiger charge is -2.31. The zero-order chi connectivity index (χ0) is 23.0. The molecule has 1 saturated heterocycles. The summed E-state index contributed by atoms with van der Waals surface area (Å²) >= 11 is 0. The van der Waals surface area contributed by atoms with Crippen molar-refractivity contribution in [2.45, 2.75) is 72.6 Å². The molecule has 31 heavy (non-hydrogen) atoms. The second kappa shape index (κ2) is 16.7. The van der Waals surface area contributed by atoms with Crippen LogP contribution in [0.2, 0.25) is 12.1 Å². The molecule has 1 heterocycles. The van der Waals surface area contributed by atoms with Crippen molar-refractivity contribution in [3.05, 3.63) is 0 Å². The van der Waals surface area contributed by atoms with Gasteiger partial charge in [0.2, 0.25) is 0 Å². The van der Waals surface area contributed by atoms with Gasteiger partial charge >= 0.3 is 17.6 Å². The van der Waals surface area contributed by atoms with E-state index in [9.17, 15) is 0 Å². The SMILES string of the molecule is CCO[Si](CCCN(CCC[Si](OCC)(OCC)OCC)CC1CO1)(OCC)OCC. The summed E-state index contributed by atoms with van der Waals surface area (Å²) < 4.78 is 41.5. The van der Waals surface area contributed by atoms with Gasteiger partial charge in [0.05, 0.1) is 12.7 Å². The van der Waals surface area contributed by atoms with Gasteiger partial charge in [0, 0.05) is 58.3 Å². The summed E-state index contributed by atoms with van der Waals surface area (Å²) in [6, 6.07) is 1.67. The van der Waals surface area contributed by atoms with Crippen molar-refractivity contribution in [2.75, 3.05) is 65.9 Å². The average Bonchev–Trinajstić information content (AvgIpc) is 3.53. The Morgan fingerprint density at radius 1 is 0.645 bits per heavy atom. The molecule has 10 heteroatoms. The second-order valence-electron chi connectivity index (χ2n) is 7.43. The van der Waals surface area contributed by atoms with Crippen LogP contribution in [0.4, 0.5) is 0 Å². The Labute approximate surface area is 192 Å². The van der Waals surface area contributed by atoms with Gasteiger partial charge in [-0.3, -0.25) is 0 Å². The van der Waals surface area contributed by atoms with Gasteiger partial charge in [0.15, 0.2) is 0 Å². The van der Waals surface area contributed by atoms with Gasteiger partial charge in [-0.15, -0.1) is 0 Å². The third-order valence-electron chi connectivity index (χ3n) is 4.96. The molecule has 0 aromatic rings. The molecular weight excluding hydrogens is 434 g/mol. The van der Waals surface area contributed by atoms with Crippen molar-refractivity contribution in [2.24, 2.45) is 0 Å². The molecule has 0 radical (unpaired) electrons. The zero-order valence-corrected chi connectivity index (χ0v) is 22.8. The maximum Gasteiger partial charge on any atom is 0.500 e. The Bertz CT molecular complexity index is 378. The molecule has 1 fully saturated rings. The van der Waals surface area contributed by atoms with Crippen LogP contribution in [0.3, 0.4) is 0 Å².